The molecular weight excluding hydrogens is 1260 g/mol. The van der Waals surface area contributed by atoms with Crippen molar-refractivity contribution in [3.8, 4) is 0 Å². The molecule has 45 N–H and O–H groups in total. The molecule has 45 heteroatoms. The van der Waals surface area contributed by atoms with Crippen molar-refractivity contribution in [2.24, 2.45) is 0 Å². The Morgan fingerprint density at radius 2 is 0.100 bits per heavy atom. The van der Waals surface area contributed by atoms with Gasteiger partial charge in [-0.2, -0.15) is 0 Å². The highest BCUT2D eigenvalue weighted by Crippen LogP contribution is 1.79. The van der Waals surface area contributed by atoms with Gasteiger partial charge in [0.05, 0.1) is 198 Å². The van der Waals surface area contributed by atoms with Crippen molar-refractivity contribution in [1.29, 1.82) is 0 Å². The zero-order chi connectivity index (χ0) is 74.9. The highest BCUT2D eigenvalue weighted by atomic mass is 16.4. The molecule has 0 heterocycles. The average Bonchev–Trinajstić information content (AvgIpc) is 3.61. The summed E-state index contributed by atoms with van der Waals surface area (Å²) in [4.78, 5) is 0. The third kappa shape index (κ3) is 185. The van der Waals surface area contributed by atoms with Crippen LogP contribution in [0.3, 0.4) is 0 Å². The lowest BCUT2D eigenvalue weighted by atomic mass is 10.4. The minimum atomic E-state index is -0.954. The van der Waals surface area contributed by atoms with Crippen molar-refractivity contribution in [3.05, 3.63) is 0 Å². The van der Waals surface area contributed by atoms with E-state index >= 15 is 0 Å². The van der Waals surface area contributed by atoms with Crippen LogP contribution in [0, 0.1) is 0 Å². The number of rotatable bonds is 30. The lowest BCUT2D eigenvalue weighted by molar-refractivity contribution is 0.0450. The Balaban J connectivity index is -0.0000000515. The number of aliphatic hydroxyl groups is 45. The summed E-state index contributed by atoms with van der Waals surface area (Å²) in [7, 11) is 0. The minimum absolute atomic E-state index is 0.365. The third-order valence-electron chi connectivity index (χ3n) is 6.32. The van der Waals surface area contributed by atoms with Gasteiger partial charge in [0.2, 0.25) is 0 Å². The standard InChI is InChI=1S/15C3H8O3/c15*4-1-3(6)2-5/h15*3-6H,1-2H2. The van der Waals surface area contributed by atoms with E-state index in [-0.39, 0.29) is 198 Å². The van der Waals surface area contributed by atoms with E-state index in [9.17, 15) is 0 Å². The van der Waals surface area contributed by atoms with Crippen LogP contribution in [0.15, 0.2) is 0 Å². The van der Waals surface area contributed by atoms with E-state index in [1.54, 1.807) is 0 Å². The van der Waals surface area contributed by atoms with Crippen molar-refractivity contribution >= 4 is 0 Å². The molecule has 0 bridgehead atoms. The summed E-state index contributed by atoms with van der Waals surface area (Å²) in [6.07, 6.45) is -14.3. The first-order valence-electron chi connectivity index (χ1n) is 25.6. The molecule has 0 radical (unpaired) electrons. The molecule has 0 aromatic rings. The third-order valence-corrected chi connectivity index (χ3v) is 6.32. The van der Waals surface area contributed by atoms with E-state index in [0.29, 0.717) is 0 Å². The minimum Gasteiger partial charge on any atom is -0.394 e. The molecule has 0 aliphatic heterocycles. The quantitative estimate of drug-likeness (QED) is 0.0318. The van der Waals surface area contributed by atoms with Crippen LogP contribution in [0.4, 0.5) is 0 Å². The zero-order valence-electron chi connectivity index (χ0n) is 50.0. The maximum Gasteiger partial charge on any atom is 0.100 e. The highest BCUT2D eigenvalue weighted by molar-refractivity contribution is 4.50. The molecule has 0 saturated carbocycles. The van der Waals surface area contributed by atoms with Crippen molar-refractivity contribution in [2.45, 2.75) is 91.6 Å². The van der Waals surface area contributed by atoms with Gasteiger partial charge in [0.15, 0.2) is 0 Å². The molecule has 570 valence electrons. The molecule has 0 fully saturated rings. The van der Waals surface area contributed by atoms with Crippen molar-refractivity contribution < 1.29 is 230 Å². The fraction of sp³-hybridized carbons (Fsp3) is 1.00. The van der Waals surface area contributed by atoms with Gasteiger partial charge >= 0.3 is 0 Å². The molecule has 0 aliphatic carbocycles. The normalized spacial score (nSPS) is 10.0. The van der Waals surface area contributed by atoms with Gasteiger partial charge in [0, 0.05) is 0 Å². The van der Waals surface area contributed by atoms with Gasteiger partial charge in [0.25, 0.3) is 0 Å². The van der Waals surface area contributed by atoms with Crippen molar-refractivity contribution in [3.63, 3.8) is 0 Å². The molecule has 0 saturated heterocycles. The van der Waals surface area contributed by atoms with Crippen molar-refractivity contribution in [2.75, 3.05) is 198 Å². The summed E-state index contributed by atoms with van der Waals surface area (Å²) < 4.78 is 0. The van der Waals surface area contributed by atoms with Gasteiger partial charge < -0.3 is 230 Å². The predicted molar refractivity (Wildman–Crippen MR) is 303 cm³/mol. The van der Waals surface area contributed by atoms with Crippen LogP contribution in [0.1, 0.15) is 0 Å². The molecule has 0 unspecified atom stereocenters. The Labute approximate surface area is 519 Å². The molecule has 0 aromatic carbocycles. The van der Waals surface area contributed by atoms with E-state index in [0.717, 1.165) is 0 Å². The van der Waals surface area contributed by atoms with Crippen LogP contribution in [-0.4, -0.2) is 520 Å². The highest BCUT2D eigenvalue weighted by Gasteiger charge is 2.00. The Hall–Kier alpha value is -1.80. The zero-order valence-corrected chi connectivity index (χ0v) is 50.0. The maximum absolute atomic E-state index is 8.17. The fourth-order valence-electron chi connectivity index (χ4n) is 0.866. The van der Waals surface area contributed by atoms with E-state index in [4.69, 9.17) is 230 Å². The second-order valence-electron chi connectivity index (χ2n) is 15.3. The first kappa shape index (κ1) is 125. The van der Waals surface area contributed by atoms with Crippen LogP contribution in [0.25, 0.3) is 0 Å². The van der Waals surface area contributed by atoms with Gasteiger partial charge in [-0.05, 0) is 0 Å². The molecule has 0 aromatic heterocycles. The SMILES string of the molecule is OCC(O)CO.OCC(O)CO.OCC(O)CO.OCC(O)CO.OCC(O)CO.OCC(O)CO.OCC(O)CO.OCC(O)CO.OCC(O)CO.OCC(O)CO.OCC(O)CO.OCC(O)CO.OCC(O)CO.OCC(O)CO.OCC(O)CO. The van der Waals surface area contributed by atoms with Crippen LogP contribution >= 0.6 is 0 Å². The van der Waals surface area contributed by atoms with Gasteiger partial charge in [-0.3, -0.25) is 0 Å². The van der Waals surface area contributed by atoms with Gasteiger partial charge in [-0.15, -0.1) is 0 Å². The summed E-state index contributed by atoms with van der Waals surface area (Å²) in [5.74, 6) is 0. The summed E-state index contributed by atoms with van der Waals surface area (Å²) in [6.45, 7) is -10.9. The van der Waals surface area contributed by atoms with Gasteiger partial charge in [-0.1, -0.05) is 0 Å². The summed E-state index contributed by atoms with van der Waals surface area (Å²) in [6, 6.07) is 0. The lowest BCUT2D eigenvalue weighted by Gasteiger charge is -1.96. The Bertz CT molecular complexity index is 671. The Morgan fingerprint density at radius 1 is 0.0778 bits per heavy atom. The maximum atomic E-state index is 8.17. The molecule has 0 spiro atoms. The largest absolute Gasteiger partial charge is 0.394 e. The smallest absolute Gasteiger partial charge is 0.100 e. The van der Waals surface area contributed by atoms with E-state index in [1.807, 2.05) is 0 Å². The molecule has 0 amide bonds. The fourth-order valence-corrected chi connectivity index (χ4v) is 0.866. The number of hydrogen-bond donors (Lipinski definition) is 45. The van der Waals surface area contributed by atoms with Crippen LogP contribution in [-0.2, 0) is 0 Å². The van der Waals surface area contributed by atoms with E-state index in [1.165, 1.54) is 0 Å². The number of aliphatic hydroxyl groups excluding tert-OH is 45. The molecule has 0 rings (SSSR count). The van der Waals surface area contributed by atoms with E-state index in [2.05, 4.69) is 0 Å². The second-order valence-corrected chi connectivity index (χ2v) is 15.3. The Kier molecular flexibility index (Phi) is 168. The van der Waals surface area contributed by atoms with Crippen LogP contribution in [0.2, 0.25) is 0 Å². The lowest BCUT2D eigenvalue weighted by Crippen LogP contribution is -2.15. The van der Waals surface area contributed by atoms with E-state index < -0.39 is 91.6 Å². The molecule has 90 heavy (non-hydrogen) atoms. The topological polar surface area (TPSA) is 910 Å². The second kappa shape index (κ2) is 121. The summed E-state index contributed by atoms with van der Waals surface area (Å²) >= 11 is 0. The number of hydrogen-bond acceptors (Lipinski definition) is 45. The van der Waals surface area contributed by atoms with Crippen molar-refractivity contribution in [1.82, 2.24) is 0 Å². The van der Waals surface area contributed by atoms with Crippen LogP contribution < -0.4 is 0 Å². The summed E-state index contributed by atoms with van der Waals surface area (Å²) in [5, 5.41) is 360. The summed E-state index contributed by atoms with van der Waals surface area (Å²) in [5.41, 5.74) is 0. The van der Waals surface area contributed by atoms with Crippen LogP contribution in [0.5, 0.6) is 0 Å². The average molecular weight is 1380 g/mol. The van der Waals surface area contributed by atoms with Gasteiger partial charge in [-0.25, -0.2) is 0 Å². The monoisotopic (exact) mass is 1380 g/mol. The Morgan fingerprint density at radius 3 is 0.100 bits per heavy atom. The molecule has 45 nitrogen and oxygen atoms in total. The first-order chi connectivity index (χ1) is 42.1. The molecule has 0 atom stereocenters. The first-order valence-corrected chi connectivity index (χ1v) is 25.6. The van der Waals surface area contributed by atoms with Gasteiger partial charge in [0.1, 0.15) is 91.6 Å². The predicted octanol–water partition coefficient (Wildman–Crippen LogP) is -25.0. The molecular formula is C45H120O45. The molecule has 0 aliphatic rings.